The van der Waals surface area contributed by atoms with Crippen molar-refractivity contribution in [2.75, 3.05) is 30.4 Å². The Bertz CT molecular complexity index is 460. The Labute approximate surface area is 123 Å². The molecule has 0 aliphatic heterocycles. The monoisotopic (exact) mass is 304 g/mol. The number of aryl methyl sites for hydroxylation is 1. The Morgan fingerprint density at radius 3 is 2.33 bits per heavy atom. The predicted octanol–water partition coefficient (Wildman–Crippen LogP) is 3.56. The number of halogens is 3. The van der Waals surface area contributed by atoms with Crippen molar-refractivity contribution >= 4 is 11.6 Å². The summed E-state index contributed by atoms with van der Waals surface area (Å²) in [5.74, 6) is 1.54. The molecule has 120 valence electrons. The quantitative estimate of drug-likeness (QED) is 0.836. The van der Waals surface area contributed by atoms with Crippen molar-refractivity contribution in [2.24, 2.45) is 0 Å². The fourth-order valence-corrected chi connectivity index (χ4v) is 2.02. The van der Waals surface area contributed by atoms with Gasteiger partial charge in [-0.3, -0.25) is 0 Å². The molecule has 1 heterocycles. The van der Waals surface area contributed by atoms with E-state index in [1.54, 1.807) is 6.92 Å². The van der Waals surface area contributed by atoms with Gasteiger partial charge in [0, 0.05) is 25.6 Å². The molecule has 7 heteroatoms. The van der Waals surface area contributed by atoms with Gasteiger partial charge in [0.15, 0.2) is 0 Å². The van der Waals surface area contributed by atoms with Crippen LogP contribution in [0.15, 0.2) is 0 Å². The van der Waals surface area contributed by atoms with Gasteiger partial charge in [0.2, 0.25) is 0 Å². The van der Waals surface area contributed by atoms with Gasteiger partial charge in [-0.1, -0.05) is 13.8 Å². The molecule has 1 rings (SSSR count). The highest BCUT2D eigenvalue weighted by Gasteiger charge is 2.30. The van der Waals surface area contributed by atoms with E-state index < -0.39 is 12.7 Å². The van der Waals surface area contributed by atoms with Gasteiger partial charge in [0.25, 0.3) is 0 Å². The van der Waals surface area contributed by atoms with E-state index in [0.717, 1.165) is 24.3 Å². The van der Waals surface area contributed by atoms with Crippen molar-refractivity contribution in [3.63, 3.8) is 0 Å². The maximum absolute atomic E-state index is 12.6. The molecule has 1 aromatic rings. The first-order chi connectivity index (χ1) is 9.78. The lowest BCUT2D eigenvalue weighted by molar-refractivity contribution is -0.119. The first kappa shape index (κ1) is 17.5. The number of nitrogens with one attached hydrogen (secondary N) is 1. The van der Waals surface area contributed by atoms with Crippen LogP contribution in [0.5, 0.6) is 0 Å². The summed E-state index contributed by atoms with van der Waals surface area (Å²) in [6, 6.07) is 0. The SMILES string of the molecule is CCCNc1nc(CCC)nc(N(C)CC(F)(F)F)c1C. The number of nitrogens with zero attached hydrogens (tertiary/aromatic N) is 3. The first-order valence-corrected chi connectivity index (χ1v) is 7.17. The summed E-state index contributed by atoms with van der Waals surface area (Å²) in [4.78, 5) is 9.83. The topological polar surface area (TPSA) is 41.1 Å². The molecule has 0 unspecified atom stereocenters. The minimum atomic E-state index is -4.26. The van der Waals surface area contributed by atoms with Gasteiger partial charge >= 0.3 is 6.18 Å². The van der Waals surface area contributed by atoms with Crippen LogP contribution < -0.4 is 10.2 Å². The van der Waals surface area contributed by atoms with Crippen molar-refractivity contribution in [1.29, 1.82) is 0 Å². The zero-order valence-corrected chi connectivity index (χ0v) is 13.0. The molecule has 0 aliphatic rings. The normalized spacial score (nSPS) is 11.6. The molecule has 0 saturated carbocycles. The average molecular weight is 304 g/mol. The minimum Gasteiger partial charge on any atom is -0.370 e. The van der Waals surface area contributed by atoms with Crippen LogP contribution in [0.25, 0.3) is 0 Å². The smallest absolute Gasteiger partial charge is 0.370 e. The van der Waals surface area contributed by atoms with Crippen molar-refractivity contribution in [2.45, 2.75) is 46.2 Å². The molecule has 0 aliphatic carbocycles. The number of hydrogen-bond acceptors (Lipinski definition) is 4. The Morgan fingerprint density at radius 1 is 1.14 bits per heavy atom. The van der Waals surface area contributed by atoms with Gasteiger partial charge in [-0.2, -0.15) is 13.2 Å². The molecule has 21 heavy (non-hydrogen) atoms. The molecule has 0 amide bonds. The second kappa shape index (κ2) is 7.47. The number of rotatable bonds is 7. The third-order valence-electron chi connectivity index (χ3n) is 2.96. The van der Waals surface area contributed by atoms with Gasteiger partial charge in [-0.15, -0.1) is 0 Å². The molecular formula is C14H23F3N4. The van der Waals surface area contributed by atoms with E-state index in [-0.39, 0.29) is 0 Å². The molecule has 1 N–H and O–H groups in total. The van der Waals surface area contributed by atoms with E-state index in [1.807, 2.05) is 13.8 Å². The zero-order valence-electron chi connectivity index (χ0n) is 13.0. The van der Waals surface area contributed by atoms with Crippen LogP contribution in [-0.2, 0) is 6.42 Å². The molecule has 0 spiro atoms. The zero-order chi connectivity index (χ0) is 16.0. The van der Waals surface area contributed by atoms with Crippen LogP contribution in [0, 0.1) is 6.92 Å². The molecule has 1 aromatic heterocycles. The van der Waals surface area contributed by atoms with Gasteiger partial charge in [0.05, 0.1) is 0 Å². The molecule has 0 fully saturated rings. The number of anilines is 2. The largest absolute Gasteiger partial charge is 0.405 e. The summed E-state index contributed by atoms with van der Waals surface area (Å²) in [6.07, 6.45) is -1.85. The van der Waals surface area contributed by atoms with Crippen LogP contribution in [-0.4, -0.2) is 36.3 Å². The van der Waals surface area contributed by atoms with Gasteiger partial charge < -0.3 is 10.2 Å². The average Bonchev–Trinajstić information content (AvgIpc) is 2.37. The summed E-state index contributed by atoms with van der Waals surface area (Å²) in [5.41, 5.74) is 0.648. The lowest BCUT2D eigenvalue weighted by Crippen LogP contribution is -2.32. The van der Waals surface area contributed by atoms with E-state index in [1.165, 1.54) is 7.05 Å². The second-order valence-electron chi connectivity index (χ2n) is 5.09. The molecule has 4 nitrogen and oxygen atoms in total. The van der Waals surface area contributed by atoms with Crippen molar-refractivity contribution in [3.05, 3.63) is 11.4 Å². The second-order valence-corrected chi connectivity index (χ2v) is 5.09. The summed E-state index contributed by atoms with van der Waals surface area (Å²) in [5, 5.41) is 3.16. The van der Waals surface area contributed by atoms with Gasteiger partial charge in [0.1, 0.15) is 24.0 Å². The standard InChI is InChI=1S/C14H23F3N4/c1-5-7-11-19-12(18-8-6-2)10(3)13(20-11)21(4)9-14(15,16)17/h5-9H2,1-4H3,(H,18,19,20). The third-order valence-corrected chi connectivity index (χ3v) is 2.96. The molecule has 0 bridgehead atoms. The van der Waals surface area contributed by atoms with Crippen LogP contribution in [0.3, 0.4) is 0 Å². The van der Waals surface area contributed by atoms with Gasteiger partial charge in [-0.05, 0) is 19.8 Å². The maximum atomic E-state index is 12.6. The fourth-order valence-electron chi connectivity index (χ4n) is 2.02. The summed E-state index contributed by atoms with van der Waals surface area (Å²) in [7, 11) is 1.40. The highest BCUT2D eigenvalue weighted by Crippen LogP contribution is 2.26. The van der Waals surface area contributed by atoms with E-state index in [2.05, 4.69) is 15.3 Å². The fraction of sp³-hybridized carbons (Fsp3) is 0.714. The third kappa shape index (κ3) is 5.40. The van der Waals surface area contributed by atoms with Crippen molar-refractivity contribution in [3.8, 4) is 0 Å². The molecule has 0 aromatic carbocycles. The van der Waals surface area contributed by atoms with E-state index >= 15 is 0 Å². The highest BCUT2D eigenvalue weighted by molar-refractivity contribution is 5.58. The summed E-state index contributed by atoms with van der Waals surface area (Å²) >= 11 is 0. The Kier molecular flexibility index (Phi) is 6.23. The van der Waals surface area contributed by atoms with Crippen molar-refractivity contribution < 1.29 is 13.2 Å². The van der Waals surface area contributed by atoms with E-state index in [9.17, 15) is 13.2 Å². The lowest BCUT2D eigenvalue weighted by Gasteiger charge is -2.23. The molecular weight excluding hydrogens is 281 g/mol. The lowest BCUT2D eigenvalue weighted by atomic mass is 10.2. The summed E-state index contributed by atoms with van der Waals surface area (Å²) in [6.45, 7) is 5.46. The molecule has 0 atom stereocenters. The van der Waals surface area contributed by atoms with Crippen LogP contribution in [0.2, 0.25) is 0 Å². The van der Waals surface area contributed by atoms with Crippen LogP contribution >= 0.6 is 0 Å². The molecule has 0 saturated heterocycles. The first-order valence-electron chi connectivity index (χ1n) is 7.17. The maximum Gasteiger partial charge on any atom is 0.405 e. The van der Waals surface area contributed by atoms with Crippen LogP contribution in [0.1, 0.15) is 38.1 Å². The number of hydrogen-bond donors (Lipinski definition) is 1. The Morgan fingerprint density at radius 2 is 1.81 bits per heavy atom. The minimum absolute atomic E-state index is 0.337. The Balaban J connectivity index is 3.12. The van der Waals surface area contributed by atoms with Crippen LogP contribution in [0.4, 0.5) is 24.8 Å². The van der Waals surface area contributed by atoms with E-state index in [0.29, 0.717) is 29.4 Å². The Hall–Kier alpha value is -1.53. The number of alkyl halides is 3. The molecule has 0 radical (unpaired) electrons. The van der Waals surface area contributed by atoms with Gasteiger partial charge in [-0.25, -0.2) is 9.97 Å². The van der Waals surface area contributed by atoms with Crippen molar-refractivity contribution in [1.82, 2.24) is 9.97 Å². The summed E-state index contributed by atoms with van der Waals surface area (Å²) < 4.78 is 37.7. The highest BCUT2D eigenvalue weighted by atomic mass is 19.4. The van der Waals surface area contributed by atoms with E-state index in [4.69, 9.17) is 0 Å². The number of aromatic nitrogens is 2. The predicted molar refractivity (Wildman–Crippen MR) is 78.9 cm³/mol.